The van der Waals surface area contributed by atoms with Crippen molar-refractivity contribution in [1.82, 2.24) is 24.3 Å². The molecule has 0 aromatic carbocycles. The minimum Gasteiger partial charge on any atom is -0.472 e. The van der Waals surface area contributed by atoms with Gasteiger partial charge in [0.25, 0.3) is 0 Å². The maximum atomic E-state index is 12.8. The van der Waals surface area contributed by atoms with Crippen LogP contribution in [0.2, 0.25) is 0 Å². The topological polar surface area (TPSA) is 61.7 Å². The number of aromatic nitrogens is 5. The lowest BCUT2D eigenvalue weighted by atomic mass is 10.2. The highest BCUT2D eigenvalue weighted by atomic mass is 19.4. The second kappa shape index (κ2) is 5.90. The third-order valence-electron chi connectivity index (χ3n) is 3.37. The fourth-order valence-corrected chi connectivity index (χ4v) is 2.24. The molecule has 0 aliphatic heterocycles. The van der Waals surface area contributed by atoms with Crippen LogP contribution in [0.4, 0.5) is 13.2 Å². The van der Waals surface area contributed by atoms with E-state index in [0.717, 1.165) is 4.68 Å². The third-order valence-corrected chi connectivity index (χ3v) is 3.37. The normalized spacial score (nSPS) is 13.4. The summed E-state index contributed by atoms with van der Waals surface area (Å²) in [6.07, 6.45) is 3.75. The van der Waals surface area contributed by atoms with Gasteiger partial charge in [0.15, 0.2) is 5.82 Å². The van der Waals surface area contributed by atoms with Crippen molar-refractivity contribution in [3.63, 3.8) is 0 Å². The van der Waals surface area contributed by atoms with E-state index >= 15 is 0 Å². The van der Waals surface area contributed by atoms with Gasteiger partial charge in [0.1, 0.15) is 18.6 Å². The van der Waals surface area contributed by atoms with Crippen molar-refractivity contribution in [2.45, 2.75) is 32.1 Å². The van der Waals surface area contributed by atoms with E-state index in [-0.39, 0.29) is 17.7 Å². The Kier molecular flexibility index (Phi) is 3.93. The third kappa shape index (κ3) is 3.61. The Morgan fingerprint density at radius 1 is 1.35 bits per heavy atom. The molecule has 0 N–H and O–H groups in total. The zero-order chi connectivity index (χ0) is 16.4. The molecule has 0 amide bonds. The Hall–Kier alpha value is -2.58. The summed E-state index contributed by atoms with van der Waals surface area (Å²) in [6.45, 7) is 0.704. The van der Waals surface area contributed by atoms with Gasteiger partial charge in [-0.05, 0) is 13.0 Å². The standard InChI is InChI=1S/C14H14F3N5O/c1-10(21-4-3-18-9-21)6-12-19-13(11-2-5-23-7-11)20-22(12)8-14(15,16)17/h2-5,7,9-10H,6,8H2,1H3. The Morgan fingerprint density at radius 2 is 2.17 bits per heavy atom. The molecule has 3 rings (SSSR count). The lowest BCUT2D eigenvalue weighted by Crippen LogP contribution is -2.22. The molecule has 0 fully saturated rings. The Balaban J connectivity index is 1.90. The van der Waals surface area contributed by atoms with Crippen molar-refractivity contribution >= 4 is 0 Å². The van der Waals surface area contributed by atoms with Gasteiger partial charge < -0.3 is 8.98 Å². The van der Waals surface area contributed by atoms with Crippen molar-refractivity contribution in [2.24, 2.45) is 0 Å². The molecule has 122 valence electrons. The van der Waals surface area contributed by atoms with E-state index in [1.54, 1.807) is 24.8 Å². The fourth-order valence-electron chi connectivity index (χ4n) is 2.24. The predicted octanol–water partition coefficient (Wildman–Crippen LogP) is 3.10. The van der Waals surface area contributed by atoms with Crippen molar-refractivity contribution in [2.75, 3.05) is 0 Å². The SMILES string of the molecule is CC(Cc1nc(-c2ccoc2)nn1CC(F)(F)F)n1ccnc1. The average Bonchev–Trinajstić information content (AvgIpc) is 3.18. The molecule has 0 spiro atoms. The van der Waals surface area contributed by atoms with Crippen molar-refractivity contribution in [3.05, 3.63) is 43.1 Å². The summed E-state index contributed by atoms with van der Waals surface area (Å²) in [7, 11) is 0. The van der Waals surface area contributed by atoms with Crippen LogP contribution in [0.1, 0.15) is 18.8 Å². The van der Waals surface area contributed by atoms with Gasteiger partial charge in [-0.2, -0.15) is 18.3 Å². The average molecular weight is 325 g/mol. The van der Waals surface area contributed by atoms with Crippen LogP contribution in [0.3, 0.4) is 0 Å². The predicted molar refractivity (Wildman–Crippen MR) is 74.4 cm³/mol. The van der Waals surface area contributed by atoms with E-state index in [9.17, 15) is 13.2 Å². The maximum Gasteiger partial charge on any atom is 0.408 e. The van der Waals surface area contributed by atoms with Crippen LogP contribution in [0, 0.1) is 0 Å². The Morgan fingerprint density at radius 3 is 2.78 bits per heavy atom. The van der Waals surface area contributed by atoms with Crippen molar-refractivity contribution < 1.29 is 17.6 Å². The quantitative estimate of drug-likeness (QED) is 0.723. The minimum absolute atomic E-state index is 0.0918. The molecule has 6 nitrogen and oxygen atoms in total. The summed E-state index contributed by atoms with van der Waals surface area (Å²) in [5, 5.41) is 3.97. The van der Waals surface area contributed by atoms with Crippen molar-refractivity contribution in [3.8, 4) is 11.4 Å². The Bertz CT molecular complexity index is 746. The molecule has 3 aromatic heterocycles. The zero-order valence-electron chi connectivity index (χ0n) is 12.2. The Labute approximate surface area is 129 Å². The molecule has 1 atom stereocenters. The molecule has 0 aliphatic carbocycles. The lowest BCUT2D eigenvalue weighted by Gasteiger charge is -2.14. The van der Waals surface area contributed by atoms with Crippen molar-refractivity contribution in [1.29, 1.82) is 0 Å². The van der Waals surface area contributed by atoms with Crippen LogP contribution >= 0.6 is 0 Å². The van der Waals surface area contributed by atoms with Crippen LogP contribution in [-0.2, 0) is 13.0 Å². The van der Waals surface area contributed by atoms with Gasteiger partial charge in [-0.1, -0.05) is 0 Å². The van der Waals surface area contributed by atoms with Gasteiger partial charge in [0.05, 0.1) is 18.2 Å². The van der Waals surface area contributed by atoms with Crippen LogP contribution in [0.25, 0.3) is 11.4 Å². The molecule has 3 aromatic rings. The number of alkyl halides is 3. The van der Waals surface area contributed by atoms with Gasteiger partial charge in [-0.3, -0.25) is 0 Å². The number of hydrogen-bond acceptors (Lipinski definition) is 4. The molecule has 9 heteroatoms. The summed E-state index contributed by atoms with van der Waals surface area (Å²) in [5.74, 6) is 0.482. The first-order valence-corrected chi connectivity index (χ1v) is 6.93. The summed E-state index contributed by atoms with van der Waals surface area (Å²) in [5.41, 5.74) is 0.544. The molecule has 0 saturated carbocycles. The molecular formula is C14H14F3N5O. The highest BCUT2D eigenvalue weighted by Crippen LogP contribution is 2.23. The second-order valence-corrected chi connectivity index (χ2v) is 5.20. The van der Waals surface area contributed by atoms with Crippen LogP contribution in [0.15, 0.2) is 41.7 Å². The van der Waals surface area contributed by atoms with E-state index in [0.29, 0.717) is 12.0 Å². The van der Waals surface area contributed by atoms with Gasteiger partial charge in [0, 0.05) is 24.9 Å². The smallest absolute Gasteiger partial charge is 0.408 e. The molecular weight excluding hydrogens is 311 g/mol. The van der Waals surface area contributed by atoms with E-state index < -0.39 is 12.7 Å². The number of hydrogen-bond donors (Lipinski definition) is 0. The number of furan rings is 1. The first kappa shape index (κ1) is 15.3. The van der Waals surface area contributed by atoms with Gasteiger partial charge in [0.2, 0.25) is 0 Å². The summed E-state index contributed by atoms with van der Waals surface area (Å²) in [4.78, 5) is 8.19. The first-order chi connectivity index (χ1) is 10.9. The van der Waals surface area contributed by atoms with Crippen LogP contribution in [-0.4, -0.2) is 30.5 Å². The fraction of sp³-hybridized carbons (Fsp3) is 0.357. The molecule has 1 unspecified atom stereocenters. The molecule has 23 heavy (non-hydrogen) atoms. The highest BCUT2D eigenvalue weighted by Gasteiger charge is 2.31. The minimum atomic E-state index is -4.37. The lowest BCUT2D eigenvalue weighted by molar-refractivity contribution is -0.143. The monoisotopic (exact) mass is 325 g/mol. The molecule has 3 heterocycles. The molecule has 0 aliphatic rings. The number of rotatable bonds is 5. The van der Waals surface area contributed by atoms with E-state index in [2.05, 4.69) is 15.1 Å². The largest absolute Gasteiger partial charge is 0.472 e. The number of nitrogens with zero attached hydrogens (tertiary/aromatic N) is 5. The molecule has 0 saturated heterocycles. The molecule has 0 radical (unpaired) electrons. The van der Waals surface area contributed by atoms with Gasteiger partial charge in [-0.15, -0.1) is 0 Å². The zero-order valence-corrected chi connectivity index (χ0v) is 12.2. The molecule has 0 bridgehead atoms. The summed E-state index contributed by atoms with van der Waals surface area (Å²) in [6, 6.07) is 1.52. The van der Waals surface area contributed by atoms with E-state index in [1.807, 2.05) is 11.5 Å². The highest BCUT2D eigenvalue weighted by molar-refractivity contribution is 5.51. The number of halogens is 3. The summed E-state index contributed by atoms with van der Waals surface area (Å²) < 4.78 is 45.9. The van der Waals surface area contributed by atoms with E-state index in [1.165, 1.54) is 12.5 Å². The van der Waals surface area contributed by atoms with Crippen LogP contribution < -0.4 is 0 Å². The van der Waals surface area contributed by atoms with Gasteiger partial charge >= 0.3 is 6.18 Å². The van der Waals surface area contributed by atoms with Gasteiger partial charge in [-0.25, -0.2) is 14.6 Å². The van der Waals surface area contributed by atoms with E-state index in [4.69, 9.17) is 4.42 Å². The maximum absolute atomic E-state index is 12.8. The number of imidazole rings is 1. The second-order valence-electron chi connectivity index (χ2n) is 5.20. The summed E-state index contributed by atoms with van der Waals surface area (Å²) >= 11 is 0. The van der Waals surface area contributed by atoms with Crippen LogP contribution in [0.5, 0.6) is 0 Å². The first-order valence-electron chi connectivity index (χ1n) is 6.93.